The van der Waals surface area contributed by atoms with Gasteiger partial charge in [0.05, 0.1) is 18.2 Å². The number of aliphatic hydroxyl groups is 1. The number of aryl methyl sites for hydroxylation is 2. The number of aromatic nitrogens is 2. The van der Waals surface area contributed by atoms with Crippen LogP contribution >= 0.6 is 0 Å². The Hall–Kier alpha value is -3.19. The molecule has 0 aliphatic heterocycles. The number of carbonyl (C=O) groups is 1. The first-order valence-corrected chi connectivity index (χ1v) is 10.9. The second kappa shape index (κ2) is 8.74. The maximum absolute atomic E-state index is 11.6. The van der Waals surface area contributed by atoms with Gasteiger partial charge in [0.25, 0.3) is 0 Å². The predicted octanol–water partition coefficient (Wildman–Crippen LogP) is 3.86. The molecule has 1 aromatic heterocycles. The molecule has 32 heavy (non-hydrogen) atoms. The Labute approximate surface area is 187 Å². The van der Waals surface area contributed by atoms with Crippen molar-refractivity contribution < 1.29 is 19.1 Å². The maximum Gasteiger partial charge on any atom is 0.248 e. The summed E-state index contributed by atoms with van der Waals surface area (Å²) < 4.78 is 11.8. The van der Waals surface area contributed by atoms with Gasteiger partial charge in [0.2, 0.25) is 17.7 Å². The van der Waals surface area contributed by atoms with Crippen LogP contribution in [-0.4, -0.2) is 39.5 Å². The van der Waals surface area contributed by atoms with Crippen LogP contribution in [0, 0.1) is 6.92 Å². The third-order valence-electron chi connectivity index (χ3n) is 5.81. The molecule has 0 saturated heterocycles. The van der Waals surface area contributed by atoms with Gasteiger partial charge in [-0.25, -0.2) is 0 Å². The molecule has 1 amide bonds. The number of benzene rings is 2. The molecule has 1 aliphatic rings. The van der Waals surface area contributed by atoms with Crippen molar-refractivity contribution >= 4 is 5.91 Å². The summed E-state index contributed by atoms with van der Waals surface area (Å²) in [6.45, 7) is 7.36. The monoisotopic (exact) mass is 435 g/mol. The average Bonchev–Trinajstić information content (AvgIpc) is 3.24. The molecule has 0 fully saturated rings. The van der Waals surface area contributed by atoms with Crippen molar-refractivity contribution in [2.45, 2.75) is 58.6 Å². The molecule has 7 heteroatoms. The summed E-state index contributed by atoms with van der Waals surface area (Å²) in [6, 6.07) is 11.9. The average molecular weight is 436 g/mol. The Morgan fingerprint density at radius 2 is 1.84 bits per heavy atom. The van der Waals surface area contributed by atoms with Gasteiger partial charge in [0, 0.05) is 18.1 Å². The lowest BCUT2D eigenvalue weighted by molar-refractivity contribution is -0.121. The Morgan fingerprint density at radius 1 is 1.16 bits per heavy atom. The van der Waals surface area contributed by atoms with Gasteiger partial charge in [0.1, 0.15) is 5.75 Å². The molecule has 2 N–H and O–H groups in total. The highest BCUT2D eigenvalue weighted by Crippen LogP contribution is 2.33. The lowest BCUT2D eigenvalue weighted by atomic mass is 9.78. The van der Waals surface area contributed by atoms with Gasteiger partial charge in [-0.05, 0) is 87.1 Å². The number of amides is 1. The smallest absolute Gasteiger partial charge is 0.248 e. The largest absolute Gasteiger partial charge is 0.491 e. The fourth-order valence-corrected chi connectivity index (χ4v) is 4.27. The molecule has 3 aromatic rings. The molecule has 1 unspecified atom stereocenters. The zero-order valence-corrected chi connectivity index (χ0v) is 18.9. The number of rotatable bonds is 6. The molecule has 2 aromatic carbocycles. The Kier molecular flexibility index (Phi) is 6.02. The van der Waals surface area contributed by atoms with E-state index in [1.807, 2.05) is 51.1 Å². The van der Waals surface area contributed by atoms with Crippen LogP contribution in [0.5, 0.6) is 5.75 Å². The molecular weight excluding hydrogens is 406 g/mol. The van der Waals surface area contributed by atoms with Gasteiger partial charge in [-0.15, -0.1) is 10.2 Å². The highest BCUT2D eigenvalue weighted by molar-refractivity contribution is 5.74. The van der Waals surface area contributed by atoms with Crippen LogP contribution in [0.15, 0.2) is 40.8 Å². The van der Waals surface area contributed by atoms with Gasteiger partial charge in [0.15, 0.2) is 0 Å². The lowest BCUT2D eigenvalue weighted by Gasteiger charge is -2.37. The zero-order valence-electron chi connectivity index (χ0n) is 18.9. The second-order valence-electron chi connectivity index (χ2n) is 8.84. The van der Waals surface area contributed by atoms with Crippen molar-refractivity contribution in [3.05, 3.63) is 53.1 Å². The first-order chi connectivity index (χ1) is 15.3. The van der Waals surface area contributed by atoms with Crippen LogP contribution in [0.2, 0.25) is 0 Å². The van der Waals surface area contributed by atoms with Crippen LogP contribution in [0.4, 0.5) is 0 Å². The third-order valence-corrected chi connectivity index (χ3v) is 5.81. The van der Waals surface area contributed by atoms with E-state index in [0.29, 0.717) is 24.6 Å². The molecule has 0 spiro atoms. The molecule has 0 radical (unpaired) electrons. The molecular formula is C25H29N3O4. The van der Waals surface area contributed by atoms with Gasteiger partial charge in [-0.2, -0.15) is 0 Å². The summed E-state index contributed by atoms with van der Waals surface area (Å²) in [5, 5.41) is 21.4. The summed E-state index contributed by atoms with van der Waals surface area (Å²) in [7, 11) is 0. The molecule has 0 bridgehead atoms. The SMILES string of the molecule is CC(=O)NC1(CO)CCc2ccc(-c3nnc(-c4ccc(OC(C)C)c(C)c4)o3)cc2C1. The standard InChI is InChI=1S/C25H29N3O4/c1-15(2)31-22-8-7-19(11-16(22)3)23-27-28-24(32-23)20-6-5-18-9-10-25(14-29,26-17(4)30)13-21(18)12-20/h5-8,11-12,15,29H,9-10,13-14H2,1-4H3,(H,26,30). The summed E-state index contributed by atoms with van der Waals surface area (Å²) in [5.41, 5.74) is 4.30. The predicted molar refractivity (Wildman–Crippen MR) is 121 cm³/mol. The minimum atomic E-state index is -0.630. The molecule has 7 nitrogen and oxygen atoms in total. The molecule has 1 atom stereocenters. The number of nitrogens with one attached hydrogen (secondary N) is 1. The van der Waals surface area contributed by atoms with Crippen LogP contribution in [0.25, 0.3) is 22.9 Å². The number of fused-ring (bicyclic) bond motifs is 1. The van der Waals surface area contributed by atoms with E-state index < -0.39 is 5.54 Å². The summed E-state index contributed by atoms with van der Waals surface area (Å²) in [4.78, 5) is 11.6. The fourth-order valence-electron chi connectivity index (χ4n) is 4.27. The van der Waals surface area contributed by atoms with E-state index in [4.69, 9.17) is 9.15 Å². The van der Waals surface area contributed by atoms with Crippen molar-refractivity contribution in [3.63, 3.8) is 0 Å². The lowest BCUT2D eigenvalue weighted by Crippen LogP contribution is -2.54. The van der Waals surface area contributed by atoms with Gasteiger partial charge >= 0.3 is 0 Å². The summed E-state index contributed by atoms with van der Waals surface area (Å²) in [6.07, 6.45) is 2.16. The minimum absolute atomic E-state index is 0.100. The van der Waals surface area contributed by atoms with Gasteiger partial charge < -0.3 is 19.6 Å². The number of carbonyl (C=O) groups excluding carboxylic acids is 1. The van der Waals surface area contributed by atoms with E-state index in [2.05, 4.69) is 21.6 Å². The fraction of sp³-hybridized carbons (Fsp3) is 0.400. The van der Waals surface area contributed by atoms with E-state index in [9.17, 15) is 9.90 Å². The maximum atomic E-state index is 11.6. The number of hydrogen-bond acceptors (Lipinski definition) is 6. The zero-order chi connectivity index (χ0) is 22.9. The van der Waals surface area contributed by atoms with Crippen molar-refractivity contribution in [2.75, 3.05) is 6.61 Å². The Bertz CT molecular complexity index is 1140. The molecule has 1 heterocycles. The van der Waals surface area contributed by atoms with E-state index in [1.54, 1.807) is 0 Å². The van der Waals surface area contributed by atoms with Crippen molar-refractivity contribution in [1.82, 2.24) is 15.5 Å². The van der Waals surface area contributed by atoms with Gasteiger partial charge in [-0.3, -0.25) is 4.79 Å². The molecule has 0 saturated carbocycles. The molecule has 4 rings (SSSR count). The van der Waals surface area contributed by atoms with Crippen LogP contribution < -0.4 is 10.1 Å². The Morgan fingerprint density at radius 3 is 2.47 bits per heavy atom. The van der Waals surface area contributed by atoms with Crippen LogP contribution in [0.3, 0.4) is 0 Å². The van der Waals surface area contributed by atoms with Crippen molar-refractivity contribution in [1.29, 1.82) is 0 Å². The quantitative estimate of drug-likeness (QED) is 0.610. The highest BCUT2D eigenvalue weighted by Gasteiger charge is 2.35. The number of ether oxygens (including phenoxy) is 1. The second-order valence-corrected chi connectivity index (χ2v) is 8.84. The minimum Gasteiger partial charge on any atom is -0.491 e. The van der Waals surface area contributed by atoms with E-state index >= 15 is 0 Å². The number of hydrogen-bond donors (Lipinski definition) is 2. The first kappa shape index (κ1) is 22.0. The van der Waals surface area contributed by atoms with E-state index in [0.717, 1.165) is 34.4 Å². The van der Waals surface area contributed by atoms with Gasteiger partial charge in [-0.1, -0.05) is 6.07 Å². The third kappa shape index (κ3) is 4.53. The number of nitrogens with zero attached hydrogens (tertiary/aromatic N) is 2. The summed E-state index contributed by atoms with van der Waals surface area (Å²) in [5.74, 6) is 1.58. The highest BCUT2D eigenvalue weighted by atomic mass is 16.5. The molecule has 168 valence electrons. The Balaban J connectivity index is 1.59. The van der Waals surface area contributed by atoms with E-state index in [1.165, 1.54) is 12.5 Å². The molecule has 1 aliphatic carbocycles. The first-order valence-electron chi connectivity index (χ1n) is 10.9. The van der Waals surface area contributed by atoms with Crippen LogP contribution in [-0.2, 0) is 17.6 Å². The summed E-state index contributed by atoms with van der Waals surface area (Å²) >= 11 is 0. The van der Waals surface area contributed by atoms with Crippen LogP contribution in [0.1, 0.15) is 43.9 Å². The van der Waals surface area contributed by atoms with E-state index in [-0.39, 0.29) is 18.6 Å². The topological polar surface area (TPSA) is 97.5 Å². The van der Waals surface area contributed by atoms with Crippen molar-refractivity contribution in [2.24, 2.45) is 0 Å². The van der Waals surface area contributed by atoms with Crippen molar-refractivity contribution in [3.8, 4) is 28.7 Å². The number of aliphatic hydroxyl groups excluding tert-OH is 1. The normalized spacial score (nSPS) is 17.8.